The monoisotopic (exact) mass is 398 g/mol. The number of carbonyl (C=O) groups is 1. The van der Waals surface area contributed by atoms with E-state index in [9.17, 15) is 22.0 Å². The highest BCUT2D eigenvalue weighted by molar-refractivity contribution is 7.91. The molecule has 2 heterocycles. The molecule has 0 bridgehead atoms. The van der Waals surface area contributed by atoms with E-state index < -0.39 is 32.8 Å². The number of anilines is 1. The third kappa shape index (κ3) is 4.19. The third-order valence-electron chi connectivity index (χ3n) is 4.59. The van der Waals surface area contributed by atoms with Crippen molar-refractivity contribution in [3.05, 3.63) is 47.8 Å². The average Bonchev–Trinajstić information content (AvgIpc) is 3.17. The number of nitrogens with zero attached hydrogens (tertiary/aromatic N) is 1. The van der Waals surface area contributed by atoms with E-state index in [1.54, 1.807) is 7.05 Å². The number of aromatic nitrogens is 1. The van der Waals surface area contributed by atoms with Crippen molar-refractivity contribution in [1.29, 1.82) is 0 Å². The summed E-state index contributed by atoms with van der Waals surface area (Å²) in [4.78, 5) is 12.5. The second-order valence-electron chi connectivity index (χ2n) is 7.13. The van der Waals surface area contributed by atoms with E-state index in [4.69, 9.17) is 4.74 Å². The van der Waals surface area contributed by atoms with Crippen molar-refractivity contribution in [2.45, 2.75) is 18.2 Å². The SMILES string of the molecule is Cn1cc(S(=O)(=O)CC2(C)CCOC2)cc1C(=O)Nc1ccc(F)c(F)c1. The van der Waals surface area contributed by atoms with Crippen LogP contribution in [0, 0.1) is 17.0 Å². The van der Waals surface area contributed by atoms with Crippen LogP contribution in [-0.4, -0.2) is 37.9 Å². The van der Waals surface area contributed by atoms with Crippen molar-refractivity contribution in [3.63, 3.8) is 0 Å². The smallest absolute Gasteiger partial charge is 0.272 e. The maximum Gasteiger partial charge on any atom is 0.272 e. The molecule has 9 heteroatoms. The second kappa shape index (κ2) is 7.05. The Morgan fingerprint density at radius 1 is 1.30 bits per heavy atom. The Balaban J connectivity index is 1.80. The summed E-state index contributed by atoms with van der Waals surface area (Å²) in [7, 11) is -2.07. The summed E-state index contributed by atoms with van der Waals surface area (Å²) in [6.45, 7) is 2.77. The topological polar surface area (TPSA) is 77.4 Å². The highest BCUT2D eigenvalue weighted by Crippen LogP contribution is 2.32. The molecule has 1 aliphatic heterocycles. The van der Waals surface area contributed by atoms with Gasteiger partial charge in [0.2, 0.25) is 0 Å². The van der Waals surface area contributed by atoms with Crippen LogP contribution in [-0.2, 0) is 21.6 Å². The largest absolute Gasteiger partial charge is 0.381 e. The number of carbonyl (C=O) groups excluding carboxylic acids is 1. The van der Waals surface area contributed by atoms with Crippen molar-refractivity contribution < 1.29 is 26.7 Å². The summed E-state index contributed by atoms with van der Waals surface area (Å²) in [6.07, 6.45) is 2.02. The molecule has 2 aromatic rings. The van der Waals surface area contributed by atoms with Crippen LogP contribution < -0.4 is 5.32 Å². The van der Waals surface area contributed by atoms with E-state index in [2.05, 4.69) is 5.32 Å². The summed E-state index contributed by atoms with van der Waals surface area (Å²) in [5.74, 6) is -2.81. The standard InChI is InChI=1S/C18H20F2N2O4S/c1-18(5-6-26-10-18)11-27(24,25)13-8-16(22(2)9-13)17(23)21-12-3-4-14(19)15(20)7-12/h3-4,7-9H,5-6,10-11H2,1-2H3,(H,21,23). The normalized spacial score (nSPS) is 20.0. The van der Waals surface area contributed by atoms with Crippen LogP contribution in [0.1, 0.15) is 23.8 Å². The Hall–Kier alpha value is -2.26. The molecule has 1 aromatic heterocycles. The lowest BCUT2D eigenvalue weighted by Gasteiger charge is -2.20. The fourth-order valence-corrected chi connectivity index (χ4v) is 4.99. The van der Waals surface area contributed by atoms with Gasteiger partial charge in [0.25, 0.3) is 5.91 Å². The van der Waals surface area contributed by atoms with Gasteiger partial charge in [-0.1, -0.05) is 6.92 Å². The maximum atomic E-state index is 13.3. The highest BCUT2D eigenvalue weighted by atomic mass is 32.2. The van der Waals surface area contributed by atoms with E-state index in [-0.39, 0.29) is 22.0 Å². The lowest BCUT2D eigenvalue weighted by molar-refractivity contribution is 0.101. The van der Waals surface area contributed by atoms with Gasteiger partial charge < -0.3 is 14.6 Å². The van der Waals surface area contributed by atoms with Crippen molar-refractivity contribution in [2.75, 3.05) is 24.3 Å². The Morgan fingerprint density at radius 2 is 2.04 bits per heavy atom. The molecule has 1 fully saturated rings. The molecule has 27 heavy (non-hydrogen) atoms. The summed E-state index contributed by atoms with van der Waals surface area (Å²) < 4.78 is 58.4. The zero-order valence-corrected chi connectivity index (χ0v) is 15.8. The minimum atomic E-state index is -3.61. The fourth-order valence-electron chi connectivity index (χ4n) is 3.06. The van der Waals surface area contributed by atoms with Crippen LogP contribution in [0.25, 0.3) is 0 Å². The Kier molecular flexibility index (Phi) is 5.09. The Morgan fingerprint density at radius 3 is 2.67 bits per heavy atom. The molecular weight excluding hydrogens is 378 g/mol. The molecule has 1 aromatic carbocycles. The van der Waals surface area contributed by atoms with Crippen LogP contribution in [0.5, 0.6) is 0 Å². The second-order valence-corrected chi connectivity index (χ2v) is 9.12. The van der Waals surface area contributed by atoms with Gasteiger partial charge in [0.15, 0.2) is 21.5 Å². The van der Waals surface area contributed by atoms with E-state index in [0.29, 0.717) is 19.6 Å². The minimum absolute atomic E-state index is 0.0357. The molecule has 0 spiro atoms. The highest BCUT2D eigenvalue weighted by Gasteiger charge is 2.36. The molecule has 1 atom stereocenters. The maximum absolute atomic E-state index is 13.3. The summed E-state index contributed by atoms with van der Waals surface area (Å²) in [5.41, 5.74) is -0.297. The van der Waals surface area contributed by atoms with Crippen LogP contribution in [0.15, 0.2) is 35.4 Å². The molecular formula is C18H20F2N2O4S. The molecule has 1 N–H and O–H groups in total. The van der Waals surface area contributed by atoms with Gasteiger partial charge in [-0.2, -0.15) is 0 Å². The molecule has 0 radical (unpaired) electrons. The molecule has 3 rings (SSSR count). The van der Waals surface area contributed by atoms with Crippen molar-refractivity contribution in [1.82, 2.24) is 4.57 Å². The molecule has 6 nitrogen and oxygen atoms in total. The van der Waals surface area contributed by atoms with Crippen molar-refractivity contribution in [2.24, 2.45) is 12.5 Å². The van der Waals surface area contributed by atoms with Gasteiger partial charge in [-0.05, 0) is 24.6 Å². The van der Waals surface area contributed by atoms with Gasteiger partial charge in [-0.3, -0.25) is 4.79 Å². The first kappa shape index (κ1) is 19.5. The minimum Gasteiger partial charge on any atom is -0.381 e. The average molecular weight is 398 g/mol. The summed E-state index contributed by atoms with van der Waals surface area (Å²) >= 11 is 0. The first-order chi connectivity index (χ1) is 12.6. The molecule has 1 saturated heterocycles. The Bertz CT molecular complexity index is 979. The quantitative estimate of drug-likeness (QED) is 0.840. The number of benzene rings is 1. The van der Waals surface area contributed by atoms with Crippen molar-refractivity contribution in [3.8, 4) is 0 Å². The Labute approximate surface area is 156 Å². The van der Waals surface area contributed by atoms with E-state index in [1.807, 2.05) is 6.92 Å². The predicted octanol–water partition coefficient (Wildman–Crippen LogP) is 2.76. The van der Waals surface area contributed by atoms with Crippen molar-refractivity contribution >= 4 is 21.4 Å². The summed E-state index contributed by atoms with van der Waals surface area (Å²) in [5, 5.41) is 2.43. The first-order valence-electron chi connectivity index (χ1n) is 8.33. The van der Waals surface area contributed by atoms with Gasteiger partial charge in [0.1, 0.15) is 5.69 Å². The zero-order chi connectivity index (χ0) is 19.8. The van der Waals surface area contributed by atoms with Crippen LogP contribution in [0.4, 0.5) is 14.5 Å². The first-order valence-corrected chi connectivity index (χ1v) is 9.98. The molecule has 1 amide bonds. The number of hydrogen-bond acceptors (Lipinski definition) is 4. The molecule has 146 valence electrons. The van der Waals surface area contributed by atoms with Gasteiger partial charge in [-0.25, -0.2) is 17.2 Å². The zero-order valence-electron chi connectivity index (χ0n) is 15.0. The van der Waals surface area contributed by atoms with E-state index >= 15 is 0 Å². The number of rotatable bonds is 5. The van der Waals surface area contributed by atoms with E-state index in [1.165, 1.54) is 22.9 Å². The molecule has 1 unspecified atom stereocenters. The third-order valence-corrected chi connectivity index (χ3v) is 6.61. The van der Waals surface area contributed by atoms with E-state index in [0.717, 1.165) is 12.1 Å². The molecule has 1 aliphatic rings. The lowest BCUT2D eigenvalue weighted by Crippen LogP contribution is -2.27. The predicted molar refractivity (Wildman–Crippen MR) is 95.3 cm³/mol. The van der Waals surface area contributed by atoms with Crippen LogP contribution in [0.3, 0.4) is 0 Å². The number of aryl methyl sites for hydroxylation is 1. The van der Waals surface area contributed by atoms with Gasteiger partial charge in [0, 0.05) is 37.0 Å². The summed E-state index contributed by atoms with van der Waals surface area (Å²) in [6, 6.07) is 4.26. The van der Waals surface area contributed by atoms with Gasteiger partial charge in [0.05, 0.1) is 17.3 Å². The number of sulfone groups is 1. The van der Waals surface area contributed by atoms with Crippen LogP contribution >= 0.6 is 0 Å². The van der Waals surface area contributed by atoms with Gasteiger partial charge in [-0.15, -0.1) is 0 Å². The van der Waals surface area contributed by atoms with Crippen LogP contribution in [0.2, 0.25) is 0 Å². The number of hydrogen-bond donors (Lipinski definition) is 1. The number of nitrogens with one attached hydrogen (secondary N) is 1. The molecule has 0 aliphatic carbocycles. The number of amides is 1. The van der Waals surface area contributed by atoms with Gasteiger partial charge >= 0.3 is 0 Å². The number of halogens is 2. The number of ether oxygens (including phenoxy) is 1. The molecule has 0 saturated carbocycles. The fraction of sp³-hybridized carbons (Fsp3) is 0.389. The lowest BCUT2D eigenvalue weighted by atomic mass is 9.93.